The molecule has 2 aromatic rings. The molecule has 96 valence electrons. The molecule has 2 nitrogen and oxygen atoms in total. The van der Waals surface area contributed by atoms with E-state index < -0.39 is 0 Å². The van der Waals surface area contributed by atoms with Gasteiger partial charge in [-0.1, -0.05) is 34.5 Å². The normalized spacial score (nSPS) is 10.8. The average Bonchev–Trinajstić information content (AvgIpc) is 2.81. The van der Waals surface area contributed by atoms with E-state index in [1.54, 1.807) is 0 Å². The highest BCUT2D eigenvalue weighted by Gasteiger charge is 2.09. The second kappa shape index (κ2) is 6.41. The average molecular weight is 329 g/mol. The topological polar surface area (TPSA) is 25.2 Å². The first-order valence-corrected chi connectivity index (χ1v) is 7.12. The first-order valence-electron chi connectivity index (χ1n) is 5.95. The molecule has 18 heavy (non-hydrogen) atoms. The fraction of sp³-hybridized carbons (Fsp3) is 0.286. The van der Waals surface area contributed by atoms with Crippen LogP contribution in [0.3, 0.4) is 0 Å². The van der Waals surface area contributed by atoms with Crippen LogP contribution in [0.5, 0.6) is 0 Å². The Morgan fingerprint density at radius 3 is 2.89 bits per heavy atom. The Bertz CT molecular complexity index is 524. The third-order valence-electron chi connectivity index (χ3n) is 2.58. The summed E-state index contributed by atoms with van der Waals surface area (Å²) in [5.74, 6) is 1.73. The summed E-state index contributed by atoms with van der Waals surface area (Å²) in [5, 5.41) is 4.00. The van der Waals surface area contributed by atoms with Gasteiger partial charge < -0.3 is 9.73 Å². The summed E-state index contributed by atoms with van der Waals surface area (Å²) in [5.41, 5.74) is 0.910. The molecule has 0 bridgehead atoms. The van der Waals surface area contributed by atoms with Crippen LogP contribution in [0.25, 0.3) is 11.3 Å². The van der Waals surface area contributed by atoms with Gasteiger partial charge in [-0.05, 0) is 43.3 Å². The van der Waals surface area contributed by atoms with Crippen molar-refractivity contribution < 1.29 is 4.42 Å². The van der Waals surface area contributed by atoms with Gasteiger partial charge in [0.1, 0.15) is 11.5 Å². The van der Waals surface area contributed by atoms with Gasteiger partial charge in [-0.15, -0.1) is 0 Å². The van der Waals surface area contributed by atoms with Gasteiger partial charge in [0.15, 0.2) is 0 Å². The van der Waals surface area contributed by atoms with Crippen molar-refractivity contribution in [3.63, 3.8) is 0 Å². The zero-order valence-corrected chi connectivity index (χ0v) is 12.5. The third-order valence-corrected chi connectivity index (χ3v) is 3.40. The smallest absolute Gasteiger partial charge is 0.135 e. The molecule has 1 N–H and O–H groups in total. The second-order valence-electron chi connectivity index (χ2n) is 4.07. The summed E-state index contributed by atoms with van der Waals surface area (Å²) < 4.78 is 6.77. The third kappa shape index (κ3) is 3.37. The zero-order valence-electron chi connectivity index (χ0n) is 10.2. The predicted molar refractivity (Wildman–Crippen MR) is 78.9 cm³/mol. The Hall–Kier alpha value is -0.770. The van der Waals surface area contributed by atoms with Crippen LogP contribution in [0.2, 0.25) is 5.02 Å². The number of nitrogens with one attached hydrogen (secondary N) is 1. The van der Waals surface area contributed by atoms with Gasteiger partial charge in [0.05, 0.1) is 11.6 Å². The lowest BCUT2D eigenvalue weighted by molar-refractivity contribution is 0.493. The Labute approximate surface area is 120 Å². The maximum Gasteiger partial charge on any atom is 0.135 e. The van der Waals surface area contributed by atoms with Crippen LogP contribution < -0.4 is 5.32 Å². The van der Waals surface area contributed by atoms with Gasteiger partial charge >= 0.3 is 0 Å². The standard InChI is InChI=1S/C14H15BrClNO/c1-2-7-17-9-11-4-6-14(18-11)12-8-10(15)3-5-13(12)16/h3-6,8,17H,2,7,9H2,1H3. The molecule has 0 amide bonds. The van der Waals surface area contributed by atoms with Crippen molar-refractivity contribution in [2.75, 3.05) is 6.54 Å². The van der Waals surface area contributed by atoms with Crippen LogP contribution in [0.1, 0.15) is 19.1 Å². The Morgan fingerprint density at radius 2 is 2.11 bits per heavy atom. The van der Waals surface area contributed by atoms with E-state index in [-0.39, 0.29) is 0 Å². The van der Waals surface area contributed by atoms with Gasteiger partial charge in [-0.3, -0.25) is 0 Å². The van der Waals surface area contributed by atoms with E-state index >= 15 is 0 Å². The van der Waals surface area contributed by atoms with Crippen molar-refractivity contribution in [1.29, 1.82) is 0 Å². The summed E-state index contributed by atoms with van der Waals surface area (Å²) in [6, 6.07) is 9.67. The molecule has 0 unspecified atom stereocenters. The number of benzene rings is 1. The number of hydrogen-bond donors (Lipinski definition) is 1. The number of hydrogen-bond acceptors (Lipinski definition) is 2. The minimum atomic E-state index is 0.695. The monoisotopic (exact) mass is 327 g/mol. The number of rotatable bonds is 5. The summed E-state index contributed by atoms with van der Waals surface area (Å²) in [6.45, 7) is 3.88. The fourth-order valence-corrected chi connectivity index (χ4v) is 2.26. The molecule has 0 atom stereocenters. The second-order valence-corrected chi connectivity index (χ2v) is 5.39. The number of halogens is 2. The Morgan fingerprint density at radius 1 is 1.28 bits per heavy atom. The van der Waals surface area contributed by atoms with Crippen LogP contribution >= 0.6 is 27.5 Å². The van der Waals surface area contributed by atoms with E-state index in [1.165, 1.54) is 0 Å². The van der Waals surface area contributed by atoms with Gasteiger partial charge in [0, 0.05) is 10.0 Å². The van der Waals surface area contributed by atoms with Crippen molar-refractivity contribution in [2.45, 2.75) is 19.9 Å². The molecule has 0 fully saturated rings. The van der Waals surface area contributed by atoms with Crippen LogP contribution in [0.15, 0.2) is 39.2 Å². The molecule has 1 heterocycles. The van der Waals surface area contributed by atoms with E-state index in [0.29, 0.717) is 5.02 Å². The van der Waals surface area contributed by atoms with E-state index in [0.717, 1.165) is 41.1 Å². The summed E-state index contributed by atoms with van der Waals surface area (Å²) in [7, 11) is 0. The first kappa shape index (κ1) is 13.7. The van der Waals surface area contributed by atoms with Crippen LogP contribution in [-0.2, 0) is 6.54 Å². The zero-order chi connectivity index (χ0) is 13.0. The van der Waals surface area contributed by atoms with Crippen molar-refractivity contribution in [2.24, 2.45) is 0 Å². The lowest BCUT2D eigenvalue weighted by atomic mass is 10.2. The summed E-state index contributed by atoms with van der Waals surface area (Å²) >= 11 is 9.61. The highest BCUT2D eigenvalue weighted by atomic mass is 79.9. The predicted octanol–water partition coefficient (Wildman–Crippen LogP) is 4.86. The van der Waals surface area contributed by atoms with E-state index in [2.05, 4.69) is 28.2 Å². The molecule has 0 saturated carbocycles. The molecule has 2 rings (SSSR count). The maximum absolute atomic E-state index is 6.17. The SMILES string of the molecule is CCCNCc1ccc(-c2cc(Br)ccc2Cl)o1. The lowest BCUT2D eigenvalue weighted by Gasteiger charge is -2.02. The summed E-state index contributed by atoms with van der Waals surface area (Å²) in [4.78, 5) is 0. The molecule has 0 saturated heterocycles. The molecule has 0 radical (unpaired) electrons. The molecule has 0 aliphatic rings. The molecule has 4 heteroatoms. The quantitative estimate of drug-likeness (QED) is 0.793. The van der Waals surface area contributed by atoms with E-state index in [4.69, 9.17) is 16.0 Å². The molecule has 0 aliphatic heterocycles. The largest absolute Gasteiger partial charge is 0.460 e. The molecule has 0 aliphatic carbocycles. The molecular formula is C14H15BrClNO. The van der Waals surface area contributed by atoms with Gasteiger partial charge in [-0.25, -0.2) is 0 Å². The Balaban J connectivity index is 2.16. The van der Waals surface area contributed by atoms with Crippen LogP contribution in [-0.4, -0.2) is 6.54 Å². The van der Waals surface area contributed by atoms with Gasteiger partial charge in [0.2, 0.25) is 0 Å². The minimum Gasteiger partial charge on any atom is -0.460 e. The fourth-order valence-electron chi connectivity index (χ4n) is 1.69. The minimum absolute atomic E-state index is 0.695. The number of furan rings is 1. The van der Waals surface area contributed by atoms with Crippen LogP contribution in [0.4, 0.5) is 0 Å². The Kier molecular flexibility index (Phi) is 4.87. The lowest BCUT2D eigenvalue weighted by Crippen LogP contribution is -2.12. The maximum atomic E-state index is 6.17. The van der Waals surface area contributed by atoms with Crippen molar-refractivity contribution in [3.05, 3.63) is 45.6 Å². The highest BCUT2D eigenvalue weighted by molar-refractivity contribution is 9.10. The summed E-state index contributed by atoms with van der Waals surface area (Å²) in [6.07, 6.45) is 1.12. The van der Waals surface area contributed by atoms with Crippen molar-refractivity contribution in [1.82, 2.24) is 5.32 Å². The van der Waals surface area contributed by atoms with Gasteiger partial charge in [-0.2, -0.15) is 0 Å². The molecule has 1 aromatic carbocycles. The molecular weight excluding hydrogens is 314 g/mol. The highest BCUT2D eigenvalue weighted by Crippen LogP contribution is 2.31. The van der Waals surface area contributed by atoms with E-state index in [9.17, 15) is 0 Å². The molecule has 0 spiro atoms. The van der Waals surface area contributed by atoms with Gasteiger partial charge in [0.25, 0.3) is 0 Å². The first-order chi connectivity index (χ1) is 8.70. The van der Waals surface area contributed by atoms with Crippen molar-refractivity contribution >= 4 is 27.5 Å². The van der Waals surface area contributed by atoms with E-state index in [1.807, 2.05) is 30.3 Å². The van der Waals surface area contributed by atoms with Crippen molar-refractivity contribution in [3.8, 4) is 11.3 Å². The van der Waals surface area contributed by atoms with Crippen LogP contribution in [0, 0.1) is 0 Å². The molecule has 1 aromatic heterocycles.